The van der Waals surface area contributed by atoms with E-state index in [2.05, 4.69) is 24.0 Å². The van der Waals surface area contributed by atoms with Gasteiger partial charge < -0.3 is 10.1 Å². The summed E-state index contributed by atoms with van der Waals surface area (Å²) in [6.07, 6.45) is 0. The van der Waals surface area contributed by atoms with E-state index in [-0.39, 0.29) is 0 Å². The Morgan fingerprint density at radius 1 is 1.36 bits per heavy atom. The van der Waals surface area contributed by atoms with Crippen molar-refractivity contribution >= 4 is 5.57 Å². The number of benzene rings is 1. The summed E-state index contributed by atoms with van der Waals surface area (Å²) >= 11 is 0. The minimum absolute atomic E-state index is 0.524. The lowest BCUT2D eigenvalue weighted by Gasteiger charge is -2.27. The molecule has 1 aliphatic rings. The molecule has 1 aromatic rings. The summed E-state index contributed by atoms with van der Waals surface area (Å²) in [6.45, 7) is 6.57. The average Bonchev–Trinajstić information content (AvgIpc) is 2.16. The molecule has 0 aliphatic carbocycles. The van der Waals surface area contributed by atoms with Crippen LogP contribution in [0.5, 0.6) is 0 Å². The second-order valence-electron chi connectivity index (χ2n) is 3.58. The fourth-order valence-corrected chi connectivity index (χ4v) is 1.40. The molecule has 2 rings (SSSR count). The summed E-state index contributed by atoms with van der Waals surface area (Å²) in [5, 5.41) is 3.39. The van der Waals surface area contributed by atoms with Gasteiger partial charge in [-0.25, -0.2) is 0 Å². The average molecular weight is 189 g/mol. The molecule has 2 heteroatoms. The first kappa shape index (κ1) is 9.44. The highest BCUT2D eigenvalue weighted by Gasteiger charge is 2.17. The van der Waals surface area contributed by atoms with Crippen LogP contribution in [0.2, 0.25) is 0 Å². The molecule has 0 unspecified atom stereocenters. The molecular formula is C12H15NO. The van der Waals surface area contributed by atoms with Crippen molar-refractivity contribution in [3.05, 3.63) is 42.5 Å². The van der Waals surface area contributed by atoms with Crippen LogP contribution < -0.4 is 5.32 Å². The molecule has 0 aromatic heterocycles. The zero-order valence-electron chi connectivity index (χ0n) is 8.20. The molecule has 0 saturated carbocycles. The Labute approximate surface area is 84.6 Å². The highest BCUT2D eigenvalue weighted by Crippen LogP contribution is 2.11. The standard InChI is InChI=1S/C12H15NO/c1-10(7-13-12-8-14-9-12)11-5-3-2-4-6-11/h2-6,12-13H,1,7-9H2. The molecule has 0 bridgehead atoms. The molecule has 0 atom stereocenters. The molecule has 14 heavy (non-hydrogen) atoms. The molecule has 1 heterocycles. The number of hydrogen-bond donors (Lipinski definition) is 1. The van der Waals surface area contributed by atoms with Gasteiger partial charge in [0.2, 0.25) is 0 Å². The highest BCUT2D eigenvalue weighted by atomic mass is 16.5. The van der Waals surface area contributed by atoms with E-state index >= 15 is 0 Å². The van der Waals surface area contributed by atoms with Crippen LogP contribution >= 0.6 is 0 Å². The molecular weight excluding hydrogens is 174 g/mol. The van der Waals surface area contributed by atoms with Gasteiger partial charge in [0.05, 0.1) is 19.3 Å². The summed E-state index contributed by atoms with van der Waals surface area (Å²) in [5.41, 5.74) is 2.35. The van der Waals surface area contributed by atoms with Crippen LogP contribution in [0.1, 0.15) is 5.56 Å². The van der Waals surface area contributed by atoms with Gasteiger partial charge in [-0.2, -0.15) is 0 Å². The van der Waals surface area contributed by atoms with E-state index in [1.165, 1.54) is 5.56 Å². The maximum Gasteiger partial charge on any atom is 0.0643 e. The van der Waals surface area contributed by atoms with E-state index in [0.29, 0.717) is 6.04 Å². The van der Waals surface area contributed by atoms with Gasteiger partial charge in [0, 0.05) is 6.54 Å². The Morgan fingerprint density at radius 2 is 2.07 bits per heavy atom. The maximum absolute atomic E-state index is 5.08. The molecule has 0 amide bonds. The van der Waals surface area contributed by atoms with Gasteiger partial charge in [0.25, 0.3) is 0 Å². The molecule has 0 radical (unpaired) electrons. The van der Waals surface area contributed by atoms with Crippen LogP contribution in [0.4, 0.5) is 0 Å². The predicted molar refractivity (Wildman–Crippen MR) is 58.1 cm³/mol. The van der Waals surface area contributed by atoms with Crippen molar-refractivity contribution in [2.45, 2.75) is 6.04 Å². The van der Waals surface area contributed by atoms with Crippen LogP contribution in [-0.4, -0.2) is 25.8 Å². The van der Waals surface area contributed by atoms with Crippen LogP contribution in [0.3, 0.4) is 0 Å². The van der Waals surface area contributed by atoms with Crippen molar-refractivity contribution in [2.75, 3.05) is 19.8 Å². The molecule has 0 spiro atoms. The van der Waals surface area contributed by atoms with Gasteiger partial charge in [-0.1, -0.05) is 36.9 Å². The van der Waals surface area contributed by atoms with Gasteiger partial charge in [-0.15, -0.1) is 0 Å². The van der Waals surface area contributed by atoms with Gasteiger partial charge in [-0.3, -0.25) is 0 Å². The third-order valence-corrected chi connectivity index (χ3v) is 2.42. The number of rotatable bonds is 4. The third-order valence-electron chi connectivity index (χ3n) is 2.42. The van der Waals surface area contributed by atoms with Crippen LogP contribution in [0.15, 0.2) is 36.9 Å². The summed E-state index contributed by atoms with van der Waals surface area (Å²) < 4.78 is 5.08. The predicted octanol–water partition coefficient (Wildman–Crippen LogP) is 1.69. The summed E-state index contributed by atoms with van der Waals surface area (Å²) in [6, 6.07) is 10.8. The maximum atomic E-state index is 5.08. The molecule has 1 saturated heterocycles. The van der Waals surface area contributed by atoms with E-state index in [1.54, 1.807) is 0 Å². The van der Waals surface area contributed by atoms with E-state index in [4.69, 9.17) is 4.74 Å². The molecule has 1 aromatic carbocycles. The SMILES string of the molecule is C=C(CNC1COC1)c1ccccc1. The Hall–Kier alpha value is -1.12. The normalized spacial score (nSPS) is 16.3. The van der Waals surface area contributed by atoms with E-state index < -0.39 is 0 Å². The molecule has 1 fully saturated rings. The van der Waals surface area contributed by atoms with E-state index in [1.807, 2.05) is 18.2 Å². The first-order valence-corrected chi connectivity index (χ1v) is 4.90. The number of ether oxygens (including phenoxy) is 1. The Morgan fingerprint density at radius 3 is 2.64 bits per heavy atom. The molecule has 1 aliphatic heterocycles. The van der Waals surface area contributed by atoms with Crippen LogP contribution in [0, 0.1) is 0 Å². The van der Waals surface area contributed by atoms with Gasteiger partial charge in [-0.05, 0) is 11.1 Å². The van der Waals surface area contributed by atoms with Crippen molar-refractivity contribution in [3.8, 4) is 0 Å². The van der Waals surface area contributed by atoms with Gasteiger partial charge in [0.15, 0.2) is 0 Å². The lowest BCUT2D eigenvalue weighted by atomic mass is 10.1. The van der Waals surface area contributed by atoms with Gasteiger partial charge >= 0.3 is 0 Å². The number of nitrogens with one attached hydrogen (secondary N) is 1. The summed E-state index contributed by atoms with van der Waals surface area (Å²) in [4.78, 5) is 0. The lowest BCUT2D eigenvalue weighted by molar-refractivity contribution is -0.00320. The second kappa shape index (κ2) is 4.40. The molecule has 74 valence electrons. The quantitative estimate of drug-likeness (QED) is 0.778. The van der Waals surface area contributed by atoms with E-state index in [0.717, 1.165) is 25.3 Å². The zero-order valence-corrected chi connectivity index (χ0v) is 8.20. The highest BCUT2D eigenvalue weighted by molar-refractivity contribution is 5.64. The molecule has 1 N–H and O–H groups in total. The Balaban J connectivity index is 1.83. The smallest absolute Gasteiger partial charge is 0.0643 e. The van der Waals surface area contributed by atoms with Crippen LogP contribution in [-0.2, 0) is 4.74 Å². The largest absolute Gasteiger partial charge is 0.378 e. The second-order valence-corrected chi connectivity index (χ2v) is 3.58. The first-order chi connectivity index (χ1) is 6.86. The van der Waals surface area contributed by atoms with Gasteiger partial charge in [0.1, 0.15) is 0 Å². The fraction of sp³-hybridized carbons (Fsp3) is 0.333. The minimum atomic E-state index is 0.524. The van der Waals surface area contributed by atoms with Crippen molar-refractivity contribution in [1.29, 1.82) is 0 Å². The zero-order chi connectivity index (χ0) is 9.80. The van der Waals surface area contributed by atoms with Crippen LogP contribution in [0.25, 0.3) is 5.57 Å². The summed E-state index contributed by atoms with van der Waals surface area (Å²) in [5.74, 6) is 0. The number of hydrogen-bond acceptors (Lipinski definition) is 2. The van der Waals surface area contributed by atoms with Crippen molar-refractivity contribution in [3.63, 3.8) is 0 Å². The fourth-order valence-electron chi connectivity index (χ4n) is 1.40. The monoisotopic (exact) mass is 189 g/mol. The molecule has 2 nitrogen and oxygen atoms in total. The lowest BCUT2D eigenvalue weighted by Crippen LogP contribution is -2.46. The Bertz CT molecular complexity index is 303. The third kappa shape index (κ3) is 2.22. The first-order valence-electron chi connectivity index (χ1n) is 4.90. The van der Waals surface area contributed by atoms with Crippen molar-refractivity contribution in [2.24, 2.45) is 0 Å². The van der Waals surface area contributed by atoms with Crippen molar-refractivity contribution < 1.29 is 4.74 Å². The van der Waals surface area contributed by atoms with Crippen molar-refractivity contribution in [1.82, 2.24) is 5.32 Å². The summed E-state index contributed by atoms with van der Waals surface area (Å²) in [7, 11) is 0. The topological polar surface area (TPSA) is 21.3 Å². The van der Waals surface area contributed by atoms with E-state index in [9.17, 15) is 0 Å². The minimum Gasteiger partial charge on any atom is -0.378 e. The Kier molecular flexibility index (Phi) is 2.96.